The van der Waals surface area contributed by atoms with Crippen LogP contribution in [-0.4, -0.2) is 96.7 Å². The van der Waals surface area contributed by atoms with Crippen molar-refractivity contribution in [3.8, 4) is 0 Å². The number of carbonyl (C=O) groups excluding carboxylic acids is 4. The number of phosphoric acid groups is 2. The molecular weight excluding hydrogens is 1280 g/mol. The fourth-order valence-electron chi connectivity index (χ4n) is 10.9. The summed E-state index contributed by atoms with van der Waals surface area (Å²) in [4.78, 5) is 72.9. The zero-order chi connectivity index (χ0) is 71.8. The second kappa shape index (κ2) is 72.1. The van der Waals surface area contributed by atoms with Gasteiger partial charge in [0.25, 0.3) is 0 Å². The third-order valence-corrected chi connectivity index (χ3v) is 18.9. The molecule has 0 fully saturated rings. The minimum absolute atomic E-state index is 0.0792. The predicted molar refractivity (Wildman–Crippen MR) is 400 cm³/mol. The highest BCUT2D eigenvalue weighted by Gasteiger charge is 2.30. The summed E-state index contributed by atoms with van der Waals surface area (Å²) in [6.45, 7) is 4.84. The molecule has 0 heterocycles. The maximum atomic E-state index is 13.1. The molecule has 0 aliphatic carbocycles. The lowest BCUT2D eigenvalue weighted by Crippen LogP contribution is -2.30. The molecule has 3 unspecified atom stereocenters. The molecule has 0 aromatic carbocycles. The van der Waals surface area contributed by atoms with Crippen molar-refractivity contribution in [1.82, 2.24) is 0 Å². The van der Waals surface area contributed by atoms with Crippen molar-refractivity contribution in [1.29, 1.82) is 0 Å². The summed E-state index contributed by atoms with van der Waals surface area (Å²) < 4.78 is 68.5. The van der Waals surface area contributed by atoms with Crippen molar-refractivity contribution in [3.63, 3.8) is 0 Å². The minimum atomic E-state index is -4.98. The summed E-state index contributed by atoms with van der Waals surface area (Å²) in [6.07, 6.45) is 70.5. The zero-order valence-electron chi connectivity index (χ0n) is 62.5. The van der Waals surface area contributed by atoms with E-state index in [-0.39, 0.29) is 25.7 Å². The van der Waals surface area contributed by atoms with Crippen molar-refractivity contribution in [2.75, 3.05) is 39.6 Å². The average Bonchev–Trinajstić information content (AvgIpc) is 1.04. The van der Waals surface area contributed by atoms with Crippen LogP contribution in [-0.2, 0) is 65.4 Å². The number of unbranched alkanes of at least 4 members (excludes halogenated alkanes) is 39. The van der Waals surface area contributed by atoms with Gasteiger partial charge in [-0.3, -0.25) is 37.3 Å². The number of allylic oxidation sites excluding steroid dienone is 10. The highest BCUT2D eigenvalue weighted by atomic mass is 31.2. The lowest BCUT2D eigenvalue weighted by atomic mass is 10.0. The van der Waals surface area contributed by atoms with Crippen LogP contribution in [0, 0.1) is 0 Å². The van der Waals surface area contributed by atoms with E-state index in [0.29, 0.717) is 25.7 Å². The van der Waals surface area contributed by atoms with Crippen LogP contribution in [0.1, 0.15) is 362 Å². The molecule has 3 N–H and O–H groups in total. The molecule has 0 aromatic heterocycles. The third-order valence-electron chi connectivity index (χ3n) is 17.0. The number of aliphatic hydroxyl groups is 1. The molecule has 572 valence electrons. The second-order valence-corrected chi connectivity index (χ2v) is 29.6. The van der Waals surface area contributed by atoms with Gasteiger partial charge >= 0.3 is 39.5 Å². The number of hydrogen-bond donors (Lipinski definition) is 3. The molecule has 0 amide bonds. The Kier molecular flexibility index (Phi) is 69.7. The molecule has 0 spiro atoms. The number of phosphoric ester groups is 2. The van der Waals surface area contributed by atoms with Gasteiger partial charge in [0.2, 0.25) is 0 Å². The minimum Gasteiger partial charge on any atom is -0.462 e. The molecule has 0 aliphatic rings. The van der Waals surface area contributed by atoms with Gasteiger partial charge in [0.05, 0.1) is 26.4 Å². The molecule has 0 radical (unpaired) electrons. The van der Waals surface area contributed by atoms with Gasteiger partial charge in [-0.2, -0.15) is 0 Å². The lowest BCUT2D eigenvalue weighted by Gasteiger charge is -2.21. The first-order chi connectivity index (χ1) is 47.7. The van der Waals surface area contributed by atoms with Gasteiger partial charge in [-0.05, 0) is 116 Å². The van der Waals surface area contributed by atoms with Crippen LogP contribution in [0.25, 0.3) is 0 Å². The molecule has 0 rings (SSSR count). The molecule has 0 bridgehead atoms. The van der Waals surface area contributed by atoms with E-state index in [1.807, 2.05) is 0 Å². The van der Waals surface area contributed by atoms with E-state index in [0.717, 1.165) is 154 Å². The van der Waals surface area contributed by atoms with E-state index < -0.39 is 97.5 Å². The first-order valence-electron chi connectivity index (χ1n) is 39.5. The smallest absolute Gasteiger partial charge is 0.462 e. The van der Waals surface area contributed by atoms with Gasteiger partial charge in [-0.1, -0.05) is 281 Å². The fraction of sp³-hybridized carbons (Fsp3) is 0.823. The molecule has 17 nitrogen and oxygen atoms in total. The van der Waals surface area contributed by atoms with Crippen molar-refractivity contribution < 1.29 is 80.2 Å². The van der Waals surface area contributed by atoms with E-state index in [1.54, 1.807) is 0 Å². The van der Waals surface area contributed by atoms with Gasteiger partial charge in [0.15, 0.2) is 12.2 Å². The predicted octanol–water partition coefficient (Wildman–Crippen LogP) is 22.7. The second-order valence-electron chi connectivity index (χ2n) is 26.7. The summed E-state index contributed by atoms with van der Waals surface area (Å²) >= 11 is 0. The Morgan fingerprint density at radius 3 is 0.786 bits per heavy atom. The van der Waals surface area contributed by atoms with Gasteiger partial charge in [0, 0.05) is 25.7 Å². The Hall–Kier alpha value is -3.24. The van der Waals surface area contributed by atoms with Crippen LogP contribution >= 0.6 is 15.6 Å². The lowest BCUT2D eigenvalue weighted by molar-refractivity contribution is -0.161. The van der Waals surface area contributed by atoms with E-state index in [2.05, 4.69) is 88.5 Å². The number of aliphatic hydroxyl groups excluding tert-OH is 1. The van der Waals surface area contributed by atoms with Crippen molar-refractivity contribution in [3.05, 3.63) is 60.8 Å². The van der Waals surface area contributed by atoms with Crippen LogP contribution < -0.4 is 0 Å². The van der Waals surface area contributed by atoms with E-state index >= 15 is 0 Å². The number of hydrogen-bond acceptors (Lipinski definition) is 15. The topological polar surface area (TPSA) is 237 Å². The van der Waals surface area contributed by atoms with Gasteiger partial charge < -0.3 is 33.8 Å². The Morgan fingerprint density at radius 1 is 0.286 bits per heavy atom. The van der Waals surface area contributed by atoms with Crippen LogP contribution in [0.2, 0.25) is 0 Å². The van der Waals surface area contributed by atoms with Crippen LogP contribution in [0.15, 0.2) is 60.8 Å². The molecular formula is C79H144O17P2. The van der Waals surface area contributed by atoms with Crippen molar-refractivity contribution >= 4 is 39.5 Å². The fourth-order valence-corrected chi connectivity index (χ4v) is 12.4. The Balaban J connectivity index is 5.34. The standard InChI is InChI=1S/C79H144O17P2/c1-5-9-13-17-21-25-29-33-36-40-43-47-51-55-59-63-76(81)89-69-74(95-78(83)65-61-57-53-49-45-39-32-28-24-20-16-12-8-4)71-93-97(85,86)91-67-73(80)68-92-98(87,88)94-72-75(96-79(84)66-62-58-54-50-46-42-38-35-31-27-23-19-15-11-7-3)70-90-77(82)64-60-56-52-48-44-41-37-34-30-26-22-18-14-10-6-2/h22-23,26-27,33-38,73-75,80H,5-21,24-25,28-32,39-72H2,1-4H3,(H,85,86)(H,87,88)/b26-22-,27-23-,36-33-,37-34-,38-35-/t73?,74-,75-/m1/s1. The highest BCUT2D eigenvalue weighted by Crippen LogP contribution is 2.45. The molecule has 98 heavy (non-hydrogen) atoms. The SMILES string of the molecule is CCCCC/C=C\C/C=C\CCCCCCCC(=O)OC[C@H](COP(=O)(O)OCC(O)COP(=O)(O)OC[C@@H](COC(=O)CCCCCCC/C=C\CCCCCCCC)OC(=O)CCCCCCCCCCCCCCC)OC(=O)CCCCCCC/C=C\C/C=C\CCCCC. The summed E-state index contributed by atoms with van der Waals surface area (Å²) in [5.74, 6) is -2.18. The number of ether oxygens (including phenoxy) is 4. The molecule has 0 aromatic rings. The summed E-state index contributed by atoms with van der Waals surface area (Å²) in [6, 6.07) is 0. The van der Waals surface area contributed by atoms with E-state index in [9.17, 15) is 43.2 Å². The van der Waals surface area contributed by atoms with Crippen molar-refractivity contribution in [2.24, 2.45) is 0 Å². The number of rotatable bonds is 75. The van der Waals surface area contributed by atoms with Crippen LogP contribution in [0.4, 0.5) is 0 Å². The first kappa shape index (κ1) is 94.8. The monoisotopic (exact) mass is 1430 g/mol. The Morgan fingerprint density at radius 2 is 0.500 bits per heavy atom. The Labute approximate surface area is 597 Å². The number of carbonyl (C=O) groups is 4. The molecule has 0 saturated carbocycles. The third kappa shape index (κ3) is 71.2. The maximum Gasteiger partial charge on any atom is 0.472 e. The van der Waals surface area contributed by atoms with Crippen LogP contribution in [0.3, 0.4) is 0 Å². The summed E-state index contributed by atoms with van der Waals surface area (Å²) in [5, 5.41) is 10.6. The zero-order valence-corrected chi connectivity index (χ0v) is 64.3. The maximum absolute atomic E-state index is 13.1. The average molecular weight is 1430 g/mol. The highest BCUT2D eigenvalue weighted by molar-refractivity contribution is 7.47. The van der Waals surface area contributed by atoms with E-state index in [1.165, 1.54) is 128 Å². The molecule has 19 heteroatoms. The molecule has 5 atom stereocenters. The normalized spacial score (nSPS) is 14.2. The first-order valence-corrected chi connectivity index (χ1v) is 42.5. The quantitative estimate of drug-likeness (QED) is 0.0169. The summed E-state index contributed by atoms with van der Waals surface area (Å²) in [5.41, 5.74) is 0. The van der Waals surface area contributed by atoms with Crippen molar-refractivity contribution in [2.45, 2.75) is 380 Å². The Bertz CT molecular complexity index is 2100. The van der Waals surface area contributed by atoms with Crippen LogP contribution in [0.5, 0.6) is 0 Å². The molecule has 0 aliphatic heterocycles. The molecule has 0 saturated heterocycles. The number of esters is 4. The van der Waals surface area contributed by atoms with Gasteiger partial charge in [-0.15, -0.1) is 0 Å². The van der Waals surface area contributed by atoms with Gasteiger partial charge in [-0.25, -0.2) is 9.13 Å². The van der Waals surface area contributed by atoms with E-state index in [4.69, 9.17) is 37.0 Å². The summed E-state index contributed by atoms with van der Waals surface area (Å²) in [7, 11) is -9.94. The van der Waals surface area contributed by atoms with Gasteiger partial charge in [0.1, 0.15) is 19.3 Å². The largest absolute Gasteiger partial charge is 0.472 e.